The van der Waals surface area contributed by atoms with Crippen LogP contribution in [0.25, 0.3) is 0 Å². The van der Waals surface area contributed by atoms with Crippen molar-refractivity contribution in [3.8, 4) is 0 Å². The number of piperidine rings is 1. The number of urea groups is 1. The summed E-state index contributed by atoms with van der Waals surface area (Å²) in [7, 11) is 1.35. The van der Waals surface area contributed by atoms with Crippen molar-refractivity contribution in [2.45, 2.75) is 39.2 Å². The molecule has 7 nitrogen and oxygen atoms in total. The van der Waals surface area contributed by atoms with E-state index in [1.165, 1.54) is 7.11 Å². The fourth-order valence-electron chi connectivity index (χ4n) is 2.57. The molecule has 1 heterocycles. The van der Waals surface area contributed by atoms with Gasteiger partial charge in [0.2, 0.25) is 5.91 Å². The summed E-state index contributed by atoms with van der Waals surface area (Å²) in [4.78, 5) is 36.9. The highest BCUT2D eigenvalue weighted by Crippen LogP contribution is 2.20. The Bertz CT molecular complexity index is 400. The summed E-state index contributed by atoms with van der Waals surface area (Å²) in [6.45, 7) is 4.75. The molecular formula is C14H25N3O4. The molecule has 3 N–H and O–H groups in total. The van der Waals surface area contributed by atoms with Gasteiger partial charge in [-0.1, -0.05) is 20.3 Å². The van der Waals surface area contributed by atoms with Crippen LogP contribution in [0.5, 0.6) is 0 Å². The first-order chi connectivity index (χ1) is 9.90. The van der Waals surface area contributed by atoms with Gasteiger partial charge in [-0.3, -0.25) is 9.59 Å². The Labute approximate surface area is 125 Å². The second kappa shape index (κ2) is 7.85. The van der Waals surface area contributed by atoms with Gasteiger partial charge >= 0.3 is 12.0 Å². The van der Waals surface area contributed by atoms with Gasteiger partial charge in [0.25, 0.3) is 0 Å². The summed E-state index contributed by atoms with van der Waals surface area (Å²) in [6.07, 6.45) is 2.20. The number of methoxy groups -OCH3 is 1. The largest absolute Gasteiger partial charge is 0.469 e. The van der Waals surface area contributed by atoms with Crippen LogP contribution in [0.2, 0.25) is 0 Å². The lowest BCUT2D eigenvalue weighted by molar-refractivity contribution is -0.149. The molecule has 3 amide bonds. The number of hydrogen-bond donors (Lipinski definition) is 2. The smallest absolute Gasteiger partial charge is 0.312 e. The molecule has 1 aliphatic rings. The average molecular weight is 299 g/mol. The van der Waals surface area contributed by atoms with Gasteiger partial charge in [0.1, 0.15) is 6.04 Å². The molecule has 1 rings (SSSR count). The summed E-state index contributed by atoms with van der Waals surface area (Å²) in [5, 5.41) is 2.52. The number of amides is 3. The highest BCUT2D eigenvalue weighted by Gasteiger charge is 2.34. The van der Waals surface area contributed by atoms with Crippen molar-refractivity contribution in [3.05, 3.63) is 0 Å². The lowest BCUT2D eigenvalue weighted by Gasteiger charge is -2.35. The van der Waals surface area contributed by atoms with Gasteiger partial charge in [-0.25, -0.2) is 4.79 Å². The maximum atomic E-state index is 12.6. The Morgan fingerprint density at radius 2 is 2.10 bits per heavy atom. The number of carbonyl (C=O) groups excluding carboxylic acids is 3. The number of ether oxygens (including phenoxy) is 1. The van der Waals surface area contributed by atoms with Gasteiger partial charge in [-0.05, 0) is 18.8 Å². The van der Waals surface area contributed by atoms with Crippen molar-refractivity contribution >= 4 is 17.9 Å². The van der Waals surface area contributed by atoms with Crippen molar-refractivity contribution in [1.29, 1.82) is 0 Å². The summed E-state index contributed by atoms with van der Waals surface area (Å²) in [5.41, 5.74) is 5.16. The van der Waals surface area contributed by atoms with Crippen LogP contribution in [-0.2, 0) is 14.3 Å². The minimum atomic E-state index is -0.713. The fourth-order valence-corrected chi connectivity index (χ4v) is 2.57. The summed E-state index contributed by atoms with van der Waals surface area (Å²) in [6, 6.07) is -1.36. The third kappa shape index (κ3) is 4.61. The van der Waals surface area contributed by atoms with E-state index in [0.29, 0.717) is 19.5 Å². The van der Waals surface area contributed by atoms with Crippen molar-refractivity contribution in [2.75, 3.05) is 20.2 Å². The molecule has 0 radical (unpaired) electrons. The lowest BCUT2D eigenvalue weighted by atomic mass is 9.94. The number of rotatable bonds is 5. The van der Waals surface area contributed by atoms with E-state index in [4.69, 9.17) is 10.5 Å². The van der Waals surface area contributed by atoms with Gasteiger partial charge < -0.3 is 20.7 Å². The summed E-state index contributed by atoms with van der Waals surface area (Å²) >= 11 is 0. The summed E-state index contributed by atoms with van der Waals surface area (Å²) in [5.74, 6) is -0.797. The maximum Gasteiger partial charge on any atom is 0.312 e. The van der Waals surface area contributed by atoms with E-state index in [-0.39, 0.29) is 23.7 Å². The van der Waals surface area contributed by atoms with Crippen molar-refractivity contribution in [2.24, 2.45) is 17.6 Å². The predicted molar refractivity (Wildman–Crippen MR) is 77.3 cm³/mol. The van der Waals surface area contributed by atoms with Crippen LogP contribution in [0, 0.1) is 11.8 Å². The fraction of sp³-hybridized carbons (Fsp3) is 0.786. The van der Waals surface area contributed by atoms with Crippen LogP contribution < -0.4 is 11.1 Å². The van der Waals surface area contributed by atoms with Crippen LogP contribution >= 0.6 is 0 Å². The highest BCUT2D eigenvalue weighted by atomic mass is 16.5. The molecule has 1 aliphatic heterocycles. The monoisotopic (exact) mass is 299 g/mol. The topological polar surface area (TPSA) is 102 Å². The van der Waals surface area contributed by atoms with Gasteiger partial charge in [0.05, 0.1) is 13.0 Å². The van der Waals surface area contributed by atoms with Crippen LogP contribution in [0.1, 0.15) is 33.1 Å². The SMILES string of the molecule is CCC(C)C(NC(N)=O)C(=O)N1CCC[C@H](C(=O)OC)C1. The molecule has 7 heteroatoms. The Morgan fingerprint density at radius 3 is 2.62 bits per heavy atom. The third-order valence-corrected chi connectivity index (χ3v) is 4.04. The molecule has 0 aromatic heterocycles. The van der Waals surface area contributed by atoms with E-state index in [1.807, 2.05) is 13.8 Å². The second-order valence-corrected chi connectivity index (χ2v) is 5.52. The molecule has 2 unspecified atom stereocenters. The number of nitrogens with two attached hydrogens (primary N) is 1. The van der Waals surface area contributed by atoms with Crippen LogP contribution in [0.15, 0.2) is 0 Å². The maximum absolute atomic E-state index is 12.6. The van der Waals surface area contributed by atoms with Crippen LogP contribution in [0.4, 0.5) is 4.79 Å². The van der Waals surface area contributed by atoms with Gasteiger partial charge in [0.15, 0.2) is 0 Å². The Morgan fingerprint density at radius 1 is 1.43 bits per heavy atom. The standard InChI is InChI=1S/C14H25N3O4/c1-4-9(2)11(16-14(15)20)12(18)17-7-5-6-10(8-17)13(19)21-3/h9-11H,4-8H2,1-3H3,(H3,15,16,20)/t9?,10-,11?/m0/s1. The predicted octanol–water partition coefficient (Wildman–Crippen LogP) is 0.481. The summed E-state index contributed by atoms with van der Waals surface area (Å²) < 4.78 is 4.74. The minimum Gasteiger partial charge on any atom is -0.469 e. The second-order valence-electron chi connectivity index (χ2n) is 5.52. The van der Waals surface area contributed by atoms with Gasteiger partial charge in [-0.15, -0.1) is 0 Å². The normalized spacial score (nSPS) is 21.3. The molecule has 3 atom stereocenters. The number of nitrogens with zero attached hydrogens (tertiary/aromatic N) is 1. The molecule has 0 aromatic rings. The van der Waals surface area contributed by atoms with Gasteiger partial charge in [-0.2, -0.15) is 0 Å². The molecule has 120 valence electrons. The van der Waals surface area contributed by atoms with E-state index in [1.54, 1.807) is 4.90 Å². The van der Waals surface area contributed by atoms with Crippen molar-refractivity contribution in [3.63, 3.8) is 0 Å². The number of primary amides is 1. The molecule has 21 heavy (non-hydrogen) atoms. The van der Waals surface area contributed by atoms with E-state index in [2.05, 4.69) is 5.32 Å². The van der Waals surface area contributed by atoms with E-state index in [9.17, 15) is 14.4 Å². The van der Waals surface area contributed by atoms with Crippen LogP contribution in [0.3, 0.4) is 0 Å². The first-order valence-electron chi connectivity index (χ1n) is 7.33. The van der Waals surface area contributed by atoms with Crippen LogP contribution in [-0.4, -0.2) is 49.0 Å². The Hall–Kier alpha value is -1.79. The van der Waals surface area contributed by atoms with E-state index < -0.39 is 12.1 Å². The number of nitrogens with one attached hydrogen (secondary N) is 1. The Kier molecular flexibility index (Phi) is 6.45. The molecule has 0 aliphatic carbocycles. The molecule has 0 saturated carbocycles. The molecule has 0 aromatic carbocycles. The van der Waals surface area contributed by atoms with Crippen molar-refractivity contribution in [1.82, 2.24) is 10.2 Å². The lowest BCUT2D eigenvalue weighted by Crippen LogP contribution is -2.55. The first-order valence-corrected chi connectivity index (χ1v) is 7.33. The molecule has 1 fully saturated rings. The third-order valence-electron chi connectivity index (χ3n) is 4.04. The molecule has 0 spiro atoms. The zero-order chi connectivity index (χ0) is 16.0. The van der Waals surface area contributed by atoms with E-state index >= 15 is 0 Å². The van der Waals surface area contributed by atoms with E-state index in [0.717, 1.165) is 12.8 Å². The number of carbonyl (C=O) groups is 3. The molecule has 1 saturated heterocycles. The quantitative estimate of drug-likeness (QED) is 0.721. The number of hydrogen-bond acceptors (Lipinski definition) is 4. The molecule has 0 bridgehead atoms. The zero-order valence-corrected chi connectivity index (χ0v) is 12.9. The molecular weight excluding hydrogens is 274 g/mol. The number of esters is 1. The highest BCUT2D eigenvalue weighted by molar-refractivity contribution is 5.87. The Balaban J connectivity index is 2.77. The van der Waals surface area contributed by atoms with Crippen molar-refractivity contribution < 1.29 is 19.1 Å². The zero-order valence-electron chi connectivity index (χ0n) is 12.9. The number of likely N-dealkylation sites (tertiary alicyclic amines) is 1. The first kappa shape index (κ1) is 17.3. The minimum absolute atomic E-state index is 0.0245. The average Bonchev–Trinajstić information content (AvgIpc) is 2.50. The van der Waals surface area contributed by atoms with Gasteiger partial charge in [0, 0.05) is 13.1 Å².